The van der Waals surface area contributed by atoms with Crippen molar-refractivity contribution in [3.05, 3.63) is 249 Å². The van der Waals surface area contributed by atoms with Crippen LogP contribution < -0.4 is 0 Å². The third-order valence-corrected chi connectivity index (χ3v) is 9.52. The minimum atomic E-state index is 0. The maximum absolute atomic E-state index is 6.01. The maximum Gasteiger partial charge on any atom is 0.120 e. The fourth-order valence-corrected chi connectivity index (χ4v) is 6.53. The summed E-state index contributed by atoms with van der Waals surface area (Å²) in [6.07, 6.45) is 9.00. The van der Waals surface area contributed by atoms with Crippen molar-refractivity contribution >= 4 is 21.9 Å². The standard InChI is InChI=1S/C18H12NO.C16H11N2.2C11H8N.2Ir/c1-12-9-10-19-16(11-12)15-7-4-6-14-13-5-2-3-8-17(13)20-18(14)15;1-2-6-13(7-3-1)16-12-14(9-11-18-16)15-8-4-5-10-17-15;2*1-2-6-10(7-3-1)11-8-4-5-9-12-11;;/h2-6,8-11H,1H3;1-6,8-12H;2*1-6,8-9H;;/q4*-1;;. The SMILES string of the molecule is Cc1ccnc(-c2[c-]ccc3c2oc2ccccc23)c1.[Ir].[Ir].[c-]1ccccc1-c1cc(-c2ccccn2)ccn1.[c-]1ccccc1-c1ccccn1.[c-]1ccccc1-c1ccccn1. The van der Waals surface area contributed by atoms with Gasteiger partial charge in [0.05, 0.1) is 11.3 Å². The summed E-state index contributed by atoms with van der Waals surface area (Å²) < 4.78 is 6.01. The number of furan rings is 1. The fourth-order valence-electron chi connectivity index (χ4n) is 6.53. The average molecular weight is 1180 g/mol. The van der Waals surface area contributed by atoms with Crippen molar-refractivity contribution in [3.63, 3.8) is 0 Å². The summed E-state index contributed by atoms with van der Waals surface area (Å²) in [6.45, 7) is 2.06. The molecule has 0 N–H and O–H groups in total. The van der Waals surface area contributed by atoms with Crippen molar-refractivity contribution in [1.82, 2.24) is 24.9 Å². The Labute approximate surface area is 400 Å². The molecule has 316 valence electrons. The van der Waals surface area contributed by atoms with E-state index in [1.54, 1.807) is 24.8 Å². The van der Waals surface area contributed by atoms with Gasteiger partial charge in [-0.05, 0) is 77.7 Å². The van der Waals surface area contributed by atoms with Gasteiger partial charge in [0.15, 0.2) is 0 Å². The molecule has 11 aromatic rings. The summed E-state index contributed by atoms with van der Waals surface area (Å²) in [4.78, 5) is 21.6. The summed E-state index contributed by atoms with van der Waals surface area (Å²) in [5, 5.41) is 2.24. The van der Waals surface area contributed by atoms with Crippen LogP contribution >= 0.6 is 0 Å². The van der Waals surface area contributed by atoms with Crippen molar-refractivity contribution in [3.8, 4) is 56.3 Å². The van der Waals surface area contributed by atoms with Crippen LogP contribution in [0.2, 0.25) is 0 Å². The molecule has 0 spiro atoms. The van der Waals surface area contributed by atoms with Crippen LogP contribution in [0.4, 0.5) is 0 Å². The molecule has 64 heavy (non-hydrogen) atoms. The number of hydrogen-bond acceptors (Lipinski definition) is 6. The van der Waals surface area contributed by atoms with Gasteiger partial charge in [0, 0.05) is 76.6 Å². The molecule has 11 rings (SSSR count). The van der Waals surface area contributed by atoms with E-state index in [0.717, 1.165) is 78.2 Å². The molecule has 0 aliphatic carbocycles. The van der Waals surface area contributed by atoms with Crippen LogP contribution in [0.1, 0.15) is 5.56 Å². The molecular weight excluding hydrogens is 1140 g/mol. The first kappa shape index (κ1) is 46.5. The topological polar surface area (TPSA) is 77.6 Å². The number of nitrogens with zero attached hydrogens (tertiary/aromatic N) is 5. The number of benzene rings is 5. The zero-order valence-electron chi connectivity index (χ0n) is 34.6. The second kappa shape index (κ2) is 24.0. The van der Waals surface area contributed by atoms with Crippen LogP contribution in [-0.2, 0) is 40.2 Å². The van der Waals surface area contributed by atoms with Gasteiger partial charge in [0.1, 0.15) is 5.58 Å². The number of hydrogen-bond donors (Lipinski definition) is 0. The molecule has 8 heteroatoms. The second-order valence-corrected chi connectivity index (χ2v) is 13.8. The average Bonchev–Trinajstić information content (AvgIpc) is 3.75. The van der Waals surface area contributed by atoms with E-state index in [1.165, 1.54) is 5.56 Å². The van der Waals surface area contributed by atoms with E-state index in [9.17, 15) is 0 Å². The van der Waals surface area contributed by atoms with Gasteiger partial charge in [-0.15, -0.1) is 126 Å². The Morgan fingerprint density at radius 1 is 0.375 bits per heavy atom. The summed E-state index contributed by atoms with van der Waals surface area (Å²) in [6, 6.07) is 73.9. The second-order valence-electron chi connectivity index (χ2n) is 13.8. The van der Waals surface area contributed by atoms with Crippen LogP contribution in [0.15, 0.2) is 223 Å². The smallest absolute Gasteiger partial charge is 0.120 e. The zero-order chi connectivity index (χ0) is 42.2. The maximum atomic E-state index is 6.01. The Hall–Kier alpha value is -7.05. The van der Waals surface area contributed by atoms with E-state index in [-0.39, 0.29) is 40.2 Å². The van der Waals surface area contributed by atoms with Crippen molar-refractivity contribution in [2.45, 2.75) is 6.92 Å². The number of pyridine rings is 5. The molecule has 0 aliphatic rings. The minimum Gasteiger partial charge on any atom is -0.501 e. The third kappa shape index (κ3) is 12.3. The first-order valence-electron chi connectivity index (χ1n) is 20.1. The van der Waals surface area contributed by atoms with Crippen LogP contribution in [-0.4, -0.2) is 24.9 Å². The van der Waals surface area contributed by atoms with Crippen molar-refractivity contribution < 1.29 is 44.6 Å². The molecule has 2 radical (unpaired) electrons. The molecule has 0 amide bonds. The molecule has 0 aliphatic heterocycles. The largest absolute Gasteiger partial charge is 0.501 e. The normalized spacial score (nSPS) is 10.0. The molecule has 6 aromatic heterocycles. The van der Waals surface area contributed by atoms with Gasteiger partial charge in [-0.1, -0.05) is 77.2 Å². The van der Waals surface area contributed by atoms with Crippen LogP contribution in [0, 0.1) is 31.2 Å². The summed E-state index contributed by atoms with van der Waals surface area (Å²) >= 11 is 0. The van der Waals surface area contributed by atoms with E-state index in [2.05, 4.69) is 68.2 Å². The number of aryl methyl sites for hydroxylation is 1. The fraction of sp³-hybridized carbons (Fsp3) is 0.0179. The number of aromatic nitrogens is 5. The van der Waals surface area contributed by atoms with E-state index in [0.29, 0.717) is 0 Å². The zero-order valence-corrected chi connectivity index (χ0v) is 39.4. The number of para-hydroxylation sites is 1. The third-order valence-electron chi connectivity index (χ3n) is 9.52. The first-order valence-corrected chi connectivity index (χ1v) is 20.1. The van der Waals surface area contributed by atoms with Crippen LogP contribution in [0.3, 0.4) is 0 Å². The Morgan fingerprint density at radius 2 is 0.875 bits per heavy atom. The van der Waals surface area contributed by atoms with Crippen molar-refractivity contribution in [2.24, 2.45) is 0 Å². The molecule has 0 saturated carbocycles. The molecule has 6 nitrogen and oxygen atoms in total. The molecule has 0 atom stereocenters. The molecule has 6 heterocycles. The van der Waals surface area contributed by atoms with E-state index >= 15 is 0 Å². The minimum absolute atomic E-state index is 0. The molecule has 0 saturated heterocycles. The Morgan fingerprint density at radius 3 is 1.42 bits per heavy atom. The van der Waals surface area contributed by atoms with Gasteiger partial charge in [-0.25, -0.2) is 0 Å². The van der Waals surface area contributed by atoms with Gasteiger partial charge < -0.3 is 24.4 Å². The Balaban J connectivity index is 0.000000144. The summed E-state index contributed by atoms with van der Waals surface area (Å²) in [5.74, 6) is 0. The van der Waals surface area contributed by atoms with Gasteiger partial charge in [-0.2, -0.15) is 0 Å². The van der Waals surface area contributed by atoms with Gasteiger partial charge in [0.25, 0.3) is 0 Å². The van der Waals surface area contributed by atoms with Gasteiger partial charge in [-0.3, -0.25) is 4.98 Å². The Bertz CT molecular complexity index is 2860. The monoisotopic (exact) mass is 1180 g/mol. The molecule has 0 bridgehead atoms. The first-order chi connectivity index (χ1) is 30.7. The van der Waals surface area contributed by atoms with Crippen molar-refractivity contribution in [2.75, 3.05) is 0 Å². The Kier molecular flexibility index (Phi) is 17.4. The number of rotatable bonds is 5. The molecular formula is C56H39Ir2N5O-4. The van der Waals surface area contributed by atoms with E-state index < -0.39 is 0 Å². The number of fused-ring (bicyclic) bond motifs is 3. The van der Waals surface area contributed by atoms with E-state index in [1.807, 2.05) is 182 Å². The predicted octanol–water partition coefficient (Wildman–Crippen LogP) is 13.5. The molecule has 0 fully saturated rings. The molecule has 5 aromatic carbocycles. The van der Waals surface area contributed by atoms with Gasteiger partial charge >= 0.3 is 0 Å². The summed E-state index contributed by atoms with van der Waals surface area (Å²) in [7, 11) is 0. The quantitative estimate of drug-likeness (QED) is 0.160. The molecule has 0 unspecified atom stereocenters. The van der Waals surface area contributed by atoms with Gasteiger partial charge in [0.2, 0.25) is 0 Å². The van der Waals surface area contributed by atoms with E-state index in [4.69, 9.17) is 4.42 Å². The van der Waals surface area contributed by atoms with Crippen molar-refractivity contribution in [1.29, 1.82) is 0 Å². The van der Waals surface area contributed by atoms with Crippen LogP contribution in [0.5, 0.6) is 0 Å². The predicted molar refractivity (Wildman–Crippen MR) is 249 cm³/mol. The summed E-state index contributed by atoms with van der Waals surface area (Å²) in [5.41, 5.74) is 12.7. The van der Waals surface area contributed by atoms with Crippen LogP contribution in [0.25, 0.3) is 78.2 Å².